The molecule has 90 valence electrons. The first-order chi connectivity index (χ1) is 8.29. The maximum absolute atomic E-state index is 5.59. The molecule has 0 unspecified atom stereocenters. The second-order valence-electron chi connectivity index (χ2n) is 3.97. The lowest BCUT2D eigenvalue weighted by atomic mass is 10.1. The van der Waals surface area contributed by atoms with Crippen LogP contribution in [0.3, 0.4) is 0 Å². The molecule has 0 saturated heterocycles. The fraction of sp³-hybridized carbons (Fsp3) is 0.385. The largest absolute Gasteiger partial charge is 0.421 e. The lowest BCUT2D eigenvalue weighted by molar-refractivity contribution is 0.496. The number of nitrogens with one attached hydrogen (secondary N) is 1. The topological polar surface area (TPSA) is 51.0 Å². The van der Waals surface area contributed by atoms with Crippen LogP contribution in [0.5, 0.6) is 0 Å². The van der Waals surface area contributed by atoms with Crippen molar-refractivity contribution in [1.29, 1.82) is 0 Å². The average molecular weight is 231 g/mol. The van der Waals surface area contributed by atoms with Crippen molar-refractivity contribution >= 4 is 0 Å². The molecule has 2 rings (SSSR count). The zero-order valence-corrected chi connectivity index (χ0v) is 10.2. The summed E-state index contributed by atoms with van der Waals surface area (Å²) in [5.41, 5.74) is 2.19. The van der Waals surface area contributed by atoms with Gasteiger partial charge in [0, 0.05) is 18.5 Å². The molecule has 0 fully saturated rings. The second-order valence-corrected chi connectivity index (χ2v) is 3.97. The van der Waals surface area contributed by atoms with E-state index in [4.69, 9.17) is 4.42 Å². The Bertz CT molecular complexity index is 462. The van der Waals surface area contributed by atoms with Gasteiger partial charge in [0.1, 0.15) is 0 Å². The monoisotopic (exact) mass is 231 g/mol. The first-order valence-electron chi connectivity index (χ1n) is 5.89. The third-order valence-corrected chi connectivity index (χ3v) is 2.53. The molecule has 1 aromatic carbocycles. The van der Waals surface area contributed by atoms with Gasteiger partial charge in [-0.1, -0.05) is 24.6 Å². The highest BCUT2D eigenvalue weighted by molar-refractivity contribution is 5.52. The standard InChI is InChI=1S/C13H17N3O/c1-3-14-9-8-12-15-16-13(17-12)11-6-4-10(2)5-7-11/h4-7,14H,3,8-9H2,1-2H3. The van der Waals surface area contributed by atoms with Gasteiger partial charge >= 0.3 is 0 Å². The lowest BCUT2D eigenvalue weighted by Crippen LogP contribution is -2.16. The molecule has 4 nitrogen and oxygen atoms in total. The Morgan fingerprint density at radius 1 is 1.18 bits per heavy atom. The molecule has 4 heteroatoms. The number of nitrogens with zero attached hydrogens (tertiary/aromatic N) is 2. The van der Waals surface area contributed by atoms with Crippen molar-refractivity contribution in [1.82, 2.24) is 15.5 Å². The Hall–Kier alpha value is -1.68. The van der Waals surface area contributed by atoms with E-state index in [2.05, 4.69) is 29.4 Å². The molecule has 1 aromatic heterocycles. The van der Waals surface area contributed by atoms with Crippen LogP contribution in [-0.4, -0.2) is 23.3 Å². The number of hydrogen-bond acceptors (Lipinski definition) is 4. The zero-order valence-electron chi connectivity index (χ0n) is 10.2. The van der Waals surface area contributed by atoms with E-state index in [1.54, 1.807) is 0 Å². The summed E-state index contributed by atoms with van der Waals surface area (Å²) in [5, 5.41) is 11.3. The van der Waals surface area contributed by atoms with E-state index in [9.17, 15) is 0 Å². The van der Waals surface area contributed by atoms with Gasteiger partial charge in [0.15, 0.2) is 0 Å². The first kappa shape index (κ1) is 11.8. The van der Waals surface area contributed by atoms with Gasteiger partial charge < -0.3 is 9.73 Å². The third kappa shape index (κ3) is 3.14. The predicted molar refractivity (Wildman–Crippen MR) is 66.7 cm³/mol. The molecular formula is C13H17N3O. The molecule has 0 aliphatic rings. The summed E-state index contributed by atoms with van der Waals surface area (Å²) in [4.78, 5) is 0. The van der Waals surface area contributed by atoms with Crippen LogP contribution in [0.2, 0.25) is 0 Å². The quantitative estimate of drug-likeness (QED) is 0.801. The summed E-state index contributed by atoms with van der Waals surface area (Å²) < 4.78 is 5.59. The second kappa shape index (κ2) is 5.59. The zero-order chi connectivity index (χ0) is 12.1. The highest BCUT2D eigenvalue weighted by atomic mass is 16.4. The molecule has 1 heterocycles. The molecule has 0 atom stereocenters. The molecule has 0 radical (unpaired) electrons. The normalized spacial score (nSPS) is 10.7. The minimum Gasteiger partial charge on any atom is -0.421 e. The van der Waals surface area contributed by atoms with Gasteiger partial charge in [0.2, 0.25) is 11.8 Å². The Balaban J connectivity index is 2.04. The van der Waals surface area contributed by atoms with Crippen LogP contribution in [0.25, 0.3) is 11.5 Å². The van der Waals surface area contributed by atoms with Crippen molar-refractivity contribution in [3.05, 3.63) is 35.7 Å². The Morgan fingerprint density at radius 2 is 1.94 bits per heavy atom. The molecule has 17 heavy (non-hydrogen) atoms. The molecule has 0 saturated carbocycles. The summed E-state index contributed by atoms with van der Waals surface area (Å²) >= 11 is 0. The van der Waals surface area contributed by atoms with Crippen LogP contribution in [0.15, 0.2) is 28.7 Å². The van der Waals surface area contributed by atoms with Crippen molar-refractivity contribution in [3.8, 4) is 11.5 Å². The van der Waals surface area contributed by atoms with Crippen LogP contribution in [0, 0.1) is 6.92 Å². The smallest absolute Gasteiger partial charge is 0.247 e. The third-order valence-electron chi connectivity index (χ3n) is 2.53. The van der Waals surface area contributed by atoms with Crippen LogP contribution >= 0.6 is 0 Å². The number of rotatable bonds is 5. The number of likely N-dealkylation sites (N-methyl/N-ethyl adjacent to an activating group) is 1. The van der Waals surface area contributed by atoms with E-state index >= 15 is 0 Å². The number of aromatic nitrogens is 2. The average Bonchev–Trinajstić information content (AvgIpc) is 2.79. The summed E-state index contributed by atoms with van der Waals surface area (Å²) in [6, 6.07) is 8.07. The van der Waals surface area contributed by atoms with E-state index < -0.39 is 0 Å². The van der Waals surface area contributed by atoms with Crippen molar-refractivity contribution in [2.75, 3.05) is 13.1 Å². The molecule has 0 spiro atoms. The Morgan fingerprint density at radius 3 is 2.65 bits per heavy atom. The fourth-order valence-electron chi connectivity index (χ4n) is 1.54. The highest BCUT2D eigenvalue weighted by Gasteiger charge is 2.07. The minimum atomic E-state index is 0.594. The van der Waals surface area contributed by atoms with E-state index in [-0.39, 0.29) is 0 Å². The van der Waals surface area contributed by atoms with Gasteiger partial charge in [-0.05, 0) is 25.6 Å². The van der Waals surface area contributed by atoms with E-state index in [0.717, 1.165) is 25.1 Å². The molecule has 2 aromatic rings. The van der Waals surface area contributed by atoms with Gasteiger partial charge in [-0.2, -0.15) is 0 Å². The van der Waals surface area contributed by atoms with Gasteiger partial charge in [-0.15, -0.1) is 10.2 Å². The SMILES string of the molecule is CCNCCc1nnc(-c2ccc(C)cc2)o1. The van der Waals surface area contributed by atoms with Gasteiger partial charge in [-0.3, -0.25) is 0 Å². The van der Waals surface area contributed by atoms with Crippen LogP contribution < -0.4 is 5.32 Å². The fourth-order valence-corrected chi connectivity index (χ4v) is 1.54. The van der Waals surface area contributed by atoms with Crippen LogP contribution in [0.1, 0.15) is 18.4 Å². The summed E-state index contributed by atoms with van der Waals surface area (Å²) in [6.07, 6.45) is 0.771. The predicted octanol–water partition coefficient (Wildman–Crippen LogP) is 2.20. The van der Waals surface area contributed by atoms with E-state index in [0.29, 0.717) is 11.8 Å². The van der Waals surface area contributed by atoms with Crippen molar-refractivity contribution in [2.24, 2.45) is 0 Å². The lowest BCUT2D eigenvalue weighted by Gasteiger charge is -1.97. The molecule has 0 aliphatic heterocycles. The van der Waals surface area contributed by atoms with Crippen molar-refractivity contribution < 1.29 is 4.42 Å². The molecule has 0 bridgehead atoms. The van der Waals surface area contributed by atoms with Crippen LogP contribution in [-0.2, 0) is 6.42 Å². The molecule has 0 amide bonds. The van der Waals surface area contributed by atoms with Gasteiger partial charge in [0.05, 0.1) is 0 Å². The van der Waals surface area contributed by atoms with E-state index in [1.165, 1.54) is 5.56 Å². The first-order valence-corrected chi connectivity index (χ1v) is 5.89. The Kier molecular flexibility index (Phi) is 3.88. The number of benzene rings is 1. The highest BCUT2D eigenvalue weighted by Crippen LogP contribution is 2.18. The summed E-state index contributed by atoms with van der Waals surface area (Å²) in [7, 11) is 0. The van der Waals surface area contributed by atoms with Crippen molar-refractivity contribution in [3.63, 3.8) is 0 Å². The number of aryl methyl sites for hydroxylation is 1. The molecule has 0 aliphatic carbocycles. The maximum Gasteiger partial charge on any atom is 0.247 e. The maximum atomic E-state index is 5.59. The minimum absolute atomic E-state index is 0.594. The Labute approximate surface area is 101 Å². The van der Waals surface area contributed by atoms with Crippen LogP contribution in [0.4, 0.5) is 0 Å². The summed E-state index contributed by atoms with van der Waals surface area (Å²) in [5.74, 6) is 1.28. The van der Waals surface area contributed by atoms with Gasteiger partial charge in [0.25, 0.3) is 0 Å². The molecular weight excluding hydrogens is 214 g/mol. The van der Waals surface area contributed by atoms with E-state index in [1.807, 2.05) is 24.3 Å². The number of hydrogen-bond donors (Lipinski definition) is 1. The summed E-state index contributed by atoms with van der Waals surface area (Å²) in [6.45, 7) is 5.95. The van der Waals surface area contributed by atoms with Crippen molar-refractivity contribution in [2.45, 2.75) is 20.3 Å². The van der Waals surface area contributed by atoms with Gasteiger partial charge in [-0.25, -0.2) is 0 Å². The molecule has 1 N–H and O–H groups in total.